The van der Waals surface area contributed by atoms with Crippen molar-refractivity contribution < 1.29 is 4.79 Å². The van der Waals surface area contributed by atoms with Crippen molar-refractivity contribution in [2.45, 2.75) is 57.5 Å². The number of hydrogen-bond donors (Lipinski definition) is 1. The van der Waals surface area contributed by atoms with E-state index >= 15 is 0 Å². The van der Waals surface area contributed by atoms with E-state index < -0.39 is 0 Å². The Hall–Kier alpha value is -0.570. The molecule has 2 aliphatic rings. The highest BCUT2D eigenvalue weighted by molar-refractivity contribution is 5.82. The summed E-state index contributed by atoms with van der Waals surface area (Å²) in [6, 6.07) is 0.564. The second-order valence-electron chi connectivity index (χ2n) is 4.88. The number of carbonyl (C=O) groups excluding carboxylic acids is 1. The summed E-state index contributed by atoms with van der Waals surface area (Å²) in [7, 11) is 0. The molecule has 2 rings (SSSR count). The summed E-state index contributed by atoms with van der Waals surface area (Å²) in [5.74, 6) is 0.349. The molecule has 3 heteroatoms. The lowest BCUT2D eigenvalue weighted by Crippen LogP contribution is -2.52. The van der Waals surface area contributed by atoms with Crippen molar-refractivity contribution in [3.63, 3.8) is 0 Å². The van der Waals surface area contributed by atoms with Crippen LogP contribution in [0.5, 0.6) is 0 Å². The van der Waals surface area contributed by atoms with E-state index in [0.29, 0.717) is 11.9 Å². The molecule has 2 saturated heterocycles. The fourth-order valence-corrected chi connectivity index (χ4v) is 2.69. The number of nitrogens with one attached hydrogen (secondary N) is 1. The maximum absolute atomic E-state index is 12.2. The van der Waals surface area contributed by atoms with Crippen molar-refractivity contribution in [2.75, 3.05) is 13.1 Å². The Balaban J connectivity index is 1.92. The van der Waals surface area contributed by atoms with E-state index in [-0.39, 0.29) is 6.04 Å². The predicted molar refractivity (Wildman–Crippen MR) is 60.7 cm³/mol. The highest BCUT2D eigenvalue weighted by atomic mass is 16.2. The third kappa shape index (κ3) is 2.51. The van der Waals surface area contributed by atoms with Crippen molar-refractivity contribution >= 4 is 5.91 Å². The number of carbonyl (C=O) groups is 1. The number of amides is 1. The van der Waals surface area contributed by atoms with E-state index in [2.05, 4.69) is 17.1 Å². The van der Waals surface area contributed by atoms with Crippen molar-refractivity contribution in [1.29, 1.82) is 0 Å². The first-order chi connectivity index (χ1) is 7.29. The van der Waals surface area contributed by atoms with Gasteiger partial charge in [-0.2, -0.15) is 0 Å². The van der Waals surface area contributed by atoms with E-state index in [4.69, 9.17) is 0 Å². The Morgan fingerprint density at radius 3 is 2.67 bits per heavy atom. The molecule has 86 valence electrons. The van der Waals surface area contributed by atoms with Gasteiger partial charge < -0.3 is 10.2 Å². The van der Waals surface area contributed by atoms with Crippen LogP contribution in [0.4, 0.5) is 0 Å². The molecule has 2 heterocycles. The van der Waals surface area contributed by atoms with Gasteiger partial charge in [-0.05, 0) is 45.6 Å². The highest BCUT2D eigenvalue weighted by Gasteiger charge is 2.29. The van der Waals surface area contributed by atoms with E-state index in [9.17, 15) is 4.79 Å². The third-order valence-electron chi connectivity index (χ3n) is 3.69. The Labute approximate surface area is 92.2 Å². The van der Waals surface area contributed by atoms with Crippen LogP contribution in [0.15, 0.2) is 0 Å². The largest absolute Gasteiger partial charge is 0.339 e. The highest BCUT2D eigenvalue weighted by Crippen LogP contribution is 2.19. The van der Waals surface area contributed by atoms with Gasteiger partial charge in [-0.25, -0.2) is 0 Å². The number of piperidine rings is 2. The summed E-state index contributed by atoms with van der Waals surface area (Å²) in [5.41, 5.74) is 0. The summed E-state index contributed by atoms with van der Waals surface area (Å²) in [5, 5.41) is 3.35. The van der Waals surface area contributed by atoms with Gasteiger partial charge in [-0.15, -0.1) is 0 Å². The average Bonchev–Trinajstić information content (AvgIpc) is 2.30. The van der Waals surface area contributed by atoms with Gasteiger partial charge in [0.2, 0.25) is 5.91 Å². The first-order valence-corrected chi connectivity index (χ1v) is 6.33. The van der Waals surface area contributed by atoms with Crippen LogP contribution in [0, 0.1) is 0 Å². The van der Waals surface area contributed by atoms with E-state index in [0.717, 1.165) is 19.5 Å². The van der Waals surface area contributed by atoms with E-state index in [1.807, 2.05) is 0 Å². The molecule has 0 unspecified atom stereocenters. The van der Waals surface area contributed by atoms with Crippen LogP contribution < -0.4 is 5.32 Å². The number of rotatable bonds is 1. The van der Waals surface area contributed by atoms with Crippen molar-refractivity contribution in [3.05, 3.63) is 0 Å². The van der Waals surface area contributed by atoms with Crippen LogP contribution in [-0.4, -0.2) is 36.0 Å². The fourth-order valence-electron chi connectivity index (χ4n) is 2.69. The molecule has 0 aliphatic carbocycles. The summed E-state index contributed by atoms with van der Waals surface area (Å²) in [6.07, 6.45) is 7.09. The van der Waals surface area contributed by atoms with Gasteiger partial charge in [0, 0.05) is 12.6 Å². The normalized spacial score (nSPS) is 32.7. The maximum atomic E-state index is 12.2. The van der Waals surface area contributed by atoms with Crippen LogP contribution in [0.3, 0.4) is 0 Å². The first kappa shape index (κ1) is 10.9. The molecule has 0 radical (unpaired) electrons. The molecule has 0 bridgehead atoms. The van der Waals surface area contributed by atoms with Gasteiger partial charge in [0.1, 0.15) is 0 Å². The molecule has 0 saturated carbocycles. The lowest BCUT2D eigenvalue weighted by atomic mass is 9.99. The van der Waals surface area contributed by atoms with Gasteiger partial charge in [-0.3, -0.25) is 4.79 Å². The van der Waals surface area contributed by atoms with Crippen molar-refractivity contribution in [2.24, 2.45) is 0 Å². The number of likely N-dealkylation sites (tertiary alicyclic amines) is 1. The summed E-state index contributed by atoms with van der Waals surface area (Å²) in [6.45, 7) is 4.16. The molecular formula is C12H22N2O. The van der Waals surface area contributed by atoms with Crippen LogP contribution in [0.2, 0.25) is 0 Å². The molecule has 0 aromatic heterocycles. The Morgan fingerprint density at radius 2 is 2.00 bits per heavy atom. The Kier molecular flexibility index (Phi) is 3.62. The summed E-state index contributed by atoms with van der Waals surface area (Å²) < 4.78 is 0. The third-order valence-corrected chi connectivity index (χ3v) is 3.69. The van der Waals surface area contributed by atoms with E-state index in [1.165, 1.54) is 32.1 Å². The zero-order valence-corrected chi connectivity index (χ0v) is 9.67. The molecule has 1 N–H and O–H groups in total. The van der Waals surface area contributed by atoms with Gasteiger partial charge in [0.25, 0.3) is 0 Å². The zero-order valence-electron chi connectivity index (χ0n) is 9.67. The molecule has 3 nitrogen and oxygen atoms in total. The van der Waals surface area contributed by atoms with Crippen LogP contribution in [-0.2, 0) is 4.79 Å². The molecule has 0 aromatic carbocycles. The van der Waals surface area contributed by atoms with Crippen LogP contribution in [0.1, 0.15) is 45.4 Å². The monoisotopic (exact) mass is 210 g/mol. The Morgan fingerprint density at radius 1 is 1.20 bits per heavy atom. The zero-order chi connectivity index (χ0) is 10.7. The Bertz CT molecular complexity index is 224. The molecule has 0 aromatic rings. The SMILES string of the molecule is C[C@H]1CCCCN1C(=O)[C@H]1CCCCN1. The minimum atomic E-state index is 0.110. The van der Waals surface area contributed by atoms with Gasteiger partial charge in [0.05, 0.1) is 6.04 Å². The predicted octanol–water partition coefficient (Wildman–Crippen LogP) is 1.53. The number of nitrogens with zero attached hydrogens (tertiary/aromatic N) is 1. The fraction of sp³-hybridized carbons (Fsp3) is 0.917. The van der Waals surface area contributed by atoms with E-state index in [1.54, 1.807) is 0 Å². The molecule has 15 heavy (non-hydrogen) atoms. The molecule has 1 amide bonds. The van der Waals surface area contributed by atoms with Crippen LogP contribution in [0.25, 0.3) is 0 Å². The van der Waals surface area contributed by atoms with Crippen molar-refractivity contribution in [3.8, 4) is 0 Å². The number of hydrogen-bond acceptors (Lipinski definition) is 2. The minimum absolute atomic E-state index is 0.110. The molecule has 2 atom stereocenters. The maximum Gasteiger partial charge on any atom is 0.239 e. The first-order valence-electron chi connectivity index (χ1n) is 6.33. The second kappa shape index (κ2) is 4.97. The topological polar surface area (TPSA) is 32.3 Å². The quantitative estimate of drug-likeness (QED) is 0.712. The smallest absolute Gasteiger partial charge is 0.239 e. The lowest BCUT2D eigenvalue weighted by molar-refractivity contribution is -0.137. The van der Waals surface area contributed by atoms with Gasteiger partial charge in [0.15, 0.2) is 0 Å². The minimum Gasteiger partial charge on any atom is -0.339 e. The molecule has 0 spiro atoms. The molecule has 2 fully saturated rings. The summed E-state index contributed by atoms with van der Waals surface area (Å²) >= 11 is 0. The molecular weight excluding hydrogens is 188 g/mol. The standard InChI is InChI=1S/C12H22N2O/c1-10-6-3-5-9-14(10)12(15)11-7-2-4-8-13-11/h10-11,13H,2-9H2,1H3/t10-,11+/m0/s1. The summed E-state index contributed by atoms with van der Waals surface area (Å²) in [4.78, 5) is 14.3. The lowest BCUT2D eigenvalue weighted by Gasteiger charge is -2.37. The van der Waals surface area contributed by atoms with Gasteiger partial charge in [-0.1, -0.05) is 6.42 Å². The van der Waals surface area contributed by atoms with Gasteiger partial charge >= 0.3 is 0 Å². The second-order valence-corrected chi connectivity index (χ2v) is 4.88. The van der Waals surface area contributed by atoms with Crippen LogP contribution >= 0.6 is 0 Å². The molecule has 2 aliphatic heterocycles. The van der Waals surface area contributed by atoms with Crippen molar-refractivity contribution in [1.82, 2.24) is 10.2 Å². The average molecular weight is 210 g/mol.